The Bertz CT molecular complexity index is 3250. The molecule has 0 spiro atoms. The normalized spacial score (nSPS) is 46.9. The van der Waals surface area contributed by atoms with Gasteiger partial charge in [0.1, 0.15) is 11.4 Å². The van der Waals surface area contributed by atoms with E-state index in [1.54, 1.807) is 11.1 Å². The number of aromatic nitrogens is 2. The van der Waals surface area contributed by atoms with Crippen molar-refractivity contribution < 1.29 is 79.0 Å². The molecule has 1 aromatic rings. The van der Waals surface area contributed by atoms with Crippen molar-refractivity contribution >= 4 is 0 Å². The topological polar surface area (TPSA) is 25.8 Å². The highest BCUT2D eigenvalue weighted by Crippen LogP contribution is 2.90. The average molecular weight is 1060 g/mol. The van der Waals surface area contributed by atoms with Crippen LogP contribution in [0.4, 0.5) is 79.0 Å². The number of halogens is 18. The van der Waals surface area contributed by atoms with Crippen LogP contribution in [-0.4, -0.2) is 46.0 Å². The number of nitrogens with zero attached hydrogens (tertiary/aromatic N) is 2. The molecule has 20 heteroatoms. The second-order valence-electron chi connectivity index (χ2n) is 25.4. The maximum absolute atomic E-state index is 16.2. The molecule has 17 aliphatic carbocycles. The molecule has 22 unspecified atom stereocenters. The molecule has 0 bridgehead atoms. The van der Waals surface area contributed by atoms with Crippen molar-refractivity contribution in [1.82, 2.24) is 9.97 Å². The fourth-order valence-electron chi connectivity index (χ4n) is 23.3. The van der Waals surface area contributed by atoms with Crippen LogP contribution in [0.3, 0.4) is 0 Å². The molecule has 2 nitrogen and oxygen atoms in total. The minimum absolute atomic E-state index is 0.0199. The predicted molar refractivity (Wildman–Crippen MR) is 218 cm³/mol. The Hall–Kier alpha value is -4.00. The average Bonchev–Trinajstić information content (AvgIpc) is 4.19. The first-order valence-electron chi connectivity index (χ1n) is 26.0. The second-order valence-corrected chi connectivity index (χ2v) is 25.4. The third-order valence-corrected chi connectivity index (χ3v) is 24.2. The molecule has 390 valence electrons. The van der Waals surface area contributed by atoms with Crippen molar-refractivity contribution in [3.63, 3.8) is 0 Å². The Morgan fingerprint density at radius 2 is 0.946 bits per heavy atom. The largest absolute Gasteiger partial charge is 0.460 e. The van der Waals surface area contributed by atoms with Crippen molar-refractivity contribution in [2.24, 2.45) is 130 Å². The highest BCUT2D eigenvalue weighted by Gasteiger charge is 2.88. The Balaban J connectivity index is 0.887. The van der Waals surface area contributed by atoms with Gasteiger partial charge in [0.05, 0.1) is 11.4 Å². The van der Waals surface area contributed by atoms with Crippen LogP contribution in [0.1, 0.15) is 48.5 Å². The molecule has 0 aromatic carbocycles. The molecule has 74 heavy (non-hydrogen) atoms. The van der Waals surface area contributed by atoms with Crippen molar-refractivity contribution in [3.05, 3.63) is 103 Å². The summed E-state index contributed by atoms with van der Waals surface area (Å²) < 4.78 is 266. The van der Waals surface area contributed by atoms with Gasteiger partial charge in [0, 0.05) is 30.6 Å². The number of allylic oxidation sites excluding steroid dienone is 14. The standard InChI is InChI=1S/C54H38F18N2/c55-47(56,49(59,60)51(63,64)53(67,68)69)45-46(48(57,58)50(61,62)52(65,66)54(70,71)72)74-22-10-20-19(9-21(22)73-45)23-17-7-5-15-13-3-1-11-12-2-4-14-16-6-8-18-24(20)34-33(23)38-31(17)29(15)36-27(13)25(11)35-26(12)28(14)37-30(16)32(18)39(34)44-42(37)40(35)41(36)43(38)44/h1,3,5,7,11-16,25-30,32-35,37,39-40,42-44H,2,4,6,8-10H2. The molecule has 1 heterocycles. The van der Waals surface area contributed by atoms with E-state index in [1.807, 2.05) is 0 Å². The van der Waals surface area contributed by atoms with Gasteiger partial charge in [-0.05, 0) is 172 Å². The third kappa shape index (κ3) is 3.95. The fourth-order valence-corrected chi connectivity index (χ4v) is 23.3. The van der Waals surface area contributed by atoms with Crippen LogP contribution in [0.25, 0.3) is 0 Å². The molecule has 0 saturated heterocycles. The lowest BCUT2D eigenvalue weighted by molar-refractivity contribution is -0.405. The van der Waals surface area contributed by atoms with Crippen molar-refractivity contribution in [2.75, 3.05) is 0 Å². The van der Waals surface area contributed by atoms with Crippen molar-refractivity contribution in [1.29, 1.82) is 0 Å². The number of fused-ring (bicyclic) bond motifs is 6. The summed E-state index contributed by atoms with van der Waals surface area (Å²) in [6, 6.07) is 0. The zero-order valence-electron chi connectivity index (χ0n) is 38.0. The maximum atomic E-state index is 16.2. The molecule has 1 aromatic heterocycles. The van der Waals surface area contributed by atoms with Crippen LogP contribution in [0.15, 0.2) is 80.0 Å². The maximum Gasteiger partial charge on any atom is 0.460 e. The molecule has 0 amide bonds. The smallest absolute Gasteiger partial charge is 0.247 e. The summed E-state index contributed by atoms with van der Waals surface area (Å²) in [4.78, 5) is 6.23. The molecular weight excluding hydrogens is 1020 g/mol. The second kappa shape index (κ2) is 11.9. The van der Waals surface area contributed by atoms with Gasteiger partial charge in [-0.25, -0.2) is 9.97 Å². The van der Waals surface area contributed by atoms with Gasteiger partial charge >= 0.3 is 47.9 Å². The van der Waals surface area contributed by atoms with Gasteiger partial charge in [-0.2, -0.15) is 79.0 Å². The van der Waals surface area contributed by atoms with Crippen LogP contribution in [0.2, 0.25) is 0 Å². The highest BCUT2D eigenvalue weighted by molar-refractivity contribution is 5.77. The van der Waals surface area contributed by atoms with Crippen LogP contribution in [-0.2, 0) is 24.7 Å². The molecule has 22 atom stereocenters. The summed E-state index contributed by atoms with van der Waals surface area (Å²) in [6.07, 6.45) is -3.48. The van der Waals surface area contributed by atoms with E-state index in [0.717, 1.165) is 35.1 Å². The Morgan fingerprint density at radius 1 is 0.392 bits per heavy atom. The van der Waals surface area contributed by atoms with Crippen LogP contribution in [0.5, 0.6) is 0 Å². The lowest BCUT2D eigenvalue weighted by Crippen LogP contribution is -2.62. The molecule has 17 aliphatic rings. The van der Waals surface area contributed by atoms with E-state index in [9.17, 15) is 43.9 Å². The zero-order chi connectivity index (χ0) is 51.3. The van der Waals surface area contributed by atoms with E-state index in [1.165, 1.54) is 17.6 Å². The Labute approximate surface area is 407 Å². The molecule has 9 saturated carbocycles. The van der Waals surface area contributed by atoms with Crippen LogP contribution >= 0.6 is 0 Å². The molecular formula is C54H38F18N2. The van der Waals surface area contributed by atoms with Gasteiger partial charge in [-0.1, -0.05) is 46.6 Å². The van der Waals surface area contributed by atoms with Gasteiger partial charge in [-0.3, -0.25) is 0 Å². The first-order chi connectivity index (χ1) is 34.6. The van der Waals surface area contributed by atoms with E-state index >= 15 is 35.1 Å². The summed E-state index contributed by atoms with van der Waals surface area (Å²) in [5.41, 5.74) is 0.770. The number of alkyl halides is 18. The number of hydrogen-bond donors (Lipinski definition) is 0. The first kappa shape index (κ1) is 44.0. The quantitative estimate of drug-likeness (QED) is 0.210. The Morgan fingerprint density at radius 3 is 1.58 bits per heavy atom. The van der Waals surface area contributed by atoms with Crippen LogP contribution < -0.4 is 0 Å². The van der Waals surface area contributed by atoms with Gasteiger partial charge < -0.3 is 0 Å². The van der Waals surface area contributed by atoms with Crippen LogP contribution in [0, 0.1) is 130 Å². The SMILES string of the molecule is FC(F)(F)C(F)(F)C(F)(F)C(F)(F)c1nc2c(nc1C(F)(F)C(F)(F)C(F)(F)C(F)(F)F)CC1=C(C2)C2=C3C=CC4C5C3=C3C2C2C1=C1CCC6C7CCC8C9C=CC4C4C5=C5C3C3C2C1C6C1C7C8C(C5C31)C94. The minimum atomic E-state index is -7.88. The molecule has 0 N–H and O–H groups in total. The molecule has 0 aliphatic heterocycles. The molecule has 0 radical (unpaired) electrons. The minimum Gasteiger partial charge on any atom is -0.247 e. The van der Waals surface area contributed by atoms with E-state index < -0.39 is 83.5 Å². The van der Waals surface area contributed by atoms with E-state index in [2.05, 4.69) is 34.3 Å². The summed E-state index contributed by atoms with van der Waals surface area (Å²) >= 11 is 0. The summed E-state index contributed by atoms with van der Waals surface area (Å²) in [5, 5.41) is 0. The van der Waals surface area contributed by atoms with Crippen molar-refractivity contribution in [3.8, 4) is 0 Å². The lowest BCUT2D eigenvalue weighted by Gasteiger charge is -2.60. The van der Waals surface area contributed by atoms with Gasteiger partial charge in [0.25, 0.3) is 0 Å². The molecule has 9 fully saturated rings. The van der Waals surface area contributed by atoms with E-state index in [-0.39, 0.29) is 53.3 Å². The number of hydrogen-bond acceptors (Lipinski definition) is 2. The molecule has 18 rings (SSSR count). The third-order valence-electron chi connectivity index (χ3n) is 24.2. The fraction of sp³-hybridized carbons (Fsp3) is 0.667. The first-order valence-corrected chi connectivity index (χ1v) is 26.0. The van der Waals surface area contributed by atoms with E-state index in [0.29, 0.717) is 94.5 Å². The van der Waals surface area contributed by atoms with E-state index in [4.69, 9.17) is 0 Å². The van der Waals surface area contributed by atoms with Gasteiger partial charge in [-0.15, -0.1) is 0 Å². The summed E-state index contributed by atoms with van der Waals surface area (Å²) in [6.45, 7) is 0. The van der Waals surface area contributed by atoms with Gasteiger partial charge in [0.15, 0.2) is 0 Å². The summed E-state index contributed by atoms with van der Waals surface area (Å²) in [5.74, 6) is -39.4. The predicted octanol–water partition coefficient (Wildman–Crippen LogP) is 13.4. The Kier molecular flexibility index (Phi) is 7.06. The van der Waals surface area contributed by atoms with Crippen molar-refractivity contribution in [2.45, 2.75) is 86.4 Å². The number of rotatable bonds is 6. The van der Waals surface area contributed by atoms with Gasteiger partial charge in [0.2, 0.25) is 0 Å². The summed E-state index contributed by atoms with van der Waals surface area (Å²) in [7, 11) is 0. The zero-order valence-corrected chi connectivity index (χ0v) is 38.0. The monoisotopic (exact) mass is 1060 g/mol. The lowest BCUT2D eigenvalue weighted by atomic mass is 9.43. The highest BCUT2D eigenvalue weighted by atomic mass is 19.4.